The van der Waals surface area contributed by atoms with Crippen LogP contribution in [0.1, 0.15) is 53.9 Å². The van der Waals surface area contributed by atoms with E-state index in [0.29, 0.717) is 6.42 Å². The van der Waals surface area contributed by atoms with Gasteiger partial charge in [-0.15, -0.1) is 0 Å². The van der Waals surface area contributed by atoms with E-state index in [9.17, 15) is 4.79 Å². The summed E-state index contributed by atoms with van der Waals surface area (Å²) in [5, 5.41) is 3.35. The fourth-order valence-electron chi connectivity index (χ4n) is 2.34. The molecule has 0 unspecified atom stereocenters. The maximum Gasteiger partial charge on any atom is 0.306 e. The third-order valence-electron chi connectivity index (χ3n) is 3.18. The van der Waals surface area contributed by atoms with Crippen molar-refractivity contribution in [2.45, 2.75) is 53.9 Å². The molecule has 106 valence electrons. The molecule has 18 heavy (non-hydrogen) atoms. The van der Waals surface area contributed by atoms with Crippen molar-refractivity contribution in [1.29, 1.82) is 0 Å². The Hall–Kier alpha value is -0.990. The second-order valence-corrected chi connectivity index (χ2v) is 6.38. The van der Waals surface area contributed by atoms with Gasteiger partial charge >= 0.3 is 5.97 Å². The minimum Gasteiger partial charge on any atom is -0.469 e. The molecule has 0 aromatic carbocycles. The number of allylic oxidation sites excluding steroid dienone is 1. The summed E-state index contributed by atoms with van der Waals surface area (Å²) in [5.74, 6) is -0.150. The zero-order valence-corrected chi connectivity index (χ0v) is 12.9. The van der Waals surface area contributed by atoms with Crippen LogP contribution in [0, 0.1) is 10.8 Å². The van der Waals surface area contributed by atoms with Crippen LogP contribution in [0.3, 0.4) is 0 Å². The van der Waals surface area contributed by atoms with Gasteiger partial charge in [0.25, 0.3) is 0 Å². The number of carbonyl (C=O) groups is 1. The van der Waals surface area contributed by atoms with Crippen LogP contribution in [0.2, 0.25) is 0 Å². The Bertz CT molecular complexity index is 293. The Morgan fingerprint density at radius 3 is 2.28 bits per heavy atom. The normalized spacial score (nSPS) is 12.1. The number of nitrogens with one attached hydrogen (secondary N) is 1. The molecule has 0 atom stereocenters. The predicted molar refractivity (Wildman–Crippen MR) is 76.2 cm³/mol. The average Bonchev–Trinajstić information content (AvgIpc) is 2.23. The summed E-state index contributed by atoms with van der Waals surface area (Å²) in [5.41, 5.74) is 0.919. The lowest BCUT2D eigenvalue weighted by molar-refractivity contribution is -0.143. The molecule has 0 spiro atoms. The molecule has 3 heteroatoms. The topological polar surface area (TPSA) is 38.3 Å². The van der Waals surface area contributed by atoms with E-state index in [-0.39, 0.29) is 16.8 Å². The maximum absolute atomic E-state index is 11.4. The van der Waals surface area contributed by atoms with E-state index >= 15 is 0 Å². The second-order valence-electron chi connectivity index (χ2n) is 6.38. The molecular formula is C15H29NO2. The zero-order valence-electron chi connectivity index (χ0n) is 12.9. The van der Waals surface area contributed by atoms with E-state index < -0.39 is 0 Å². The lowest BCUT2D eigenvalue weighted by Gasteiger charge is -2.36. The Labute approximate surface area is 112 Å². The molecule has 0 saturated carbocycles. The highest BCUT2D eigenvalue weighted by Gasteiger charge is 2.32. The monoisotopic (exact) mass is 255 g/mol. The summed E-state index contributed by atoms with van der Waals surface area (Å²) in [6.45, 7) is 15.7. The Balaban J connectivity index is 4.53. The first-order valence-corrected chi connectivity index (χ1v) is 6.64. The van der Waals surface area contributed by atoms with Crippen molar-refractivity contribution in [3.05, 3.63) is 12.3 Å². The molecule has 0 aliphatic rings. The van der Waals surface area contributed by atoms with Gasteiger partial charge in [0.2, 0.25) is 0 Å². The van der Waals surface area contributed by atoms with Gasteiger partial charge in [-0.2, -0.15) is 0 Å². The van der Waals surface area contributed by atoms with Crippen molar-refractivity contribution in [3.63, 3.8) is 0 Å². The van der Waals surface area contributed by atoms with E-state index in [0.717, 1.165) is 25.1 Å². The fraction of sp³-hybridized carbons (Fsp3) is 0.800. The minimum atomic E-state index is -0.150. The molecule has 0 fully saturated rings. The van der Waals surface area contributed by atoms with Gasteiger partial charge in [0.05, 0.1) is 13.5 Å². The Morgan fingerprint density at radius 2 is 1.83 bits per heavy atom. The van der Waals surface area contributed by atoms with Gasteiger partial charge in [0.15, 0.2) is 0 Å². The first-order chi connectivity index (χ1) is 8.14. The molecule has 0 radical (unpaired) electrons. The van der Waals surface area contributed by atoms with Crippen molar-refractivity contribution in [2.75, 3.05) is 13.7 Å². The van der Waals surface area contributed by atoms with Crippen molar-refractivity contribution in [3.8, 4) is 0 Å². The van der Waals surface area contributed by atoms with Crippen LogP contribution >= 0.6 is 0 Å². The van der Waals surface area contributed by atoms with Crippen molar-refractivity contribution in [2.24, 2.45) is 10.8 Å². The van der Waals surface area contributed by atoms with Gasteiger partial charge in [-0.25, -0.2) is 0 Å². The van der Waals surface area contributed by atoms with Crippen LogP contribution in [-0.2, 0) is 9.53 Å². The van der Waals surface area contributed by atoms with Crippen LogP contribution in [0.15, 0.2) is 12.3 Å². The zero-order chi connectivity index (χ0) is 14.4. The van der Waals surface area contributed by atoms with E-state index in [1.807, 2.05) is 0 Å². The lowest BCUT2D eigenvalue weighted by Crippen LogP contribution is -2.32. The van der Waals surface area contributed by atoms with Crippen LogP contribution in [0.5, 0.6) is 0 Å². The van der Waals surface area contributed by atoms with Gasteiger partial charge in [-0.3, -0.25) is 4.79 Å². The number of ether oxygens (including phenoxy) is 1. The molecule has 0 amide bonds. The molecule has 0 aliphatic heterocycles. The minimum absolute atomic E-state index is 0.0350. The van der Waals surface area contributed by atoms with E-state index in [1.165, 1.54) is 7.11 Å². The number of esters is 1. The summed E-state index contributed by atoms with van der Waals surface area (Å²) < 4.78 is 4.75. The van der Waals surface area contributed by atoms with Gasteiger partial charge in [0, 0.05) is 17.7 Å². The SMILES string of the molecule is C=C(NCCC)C(C)(C)CC(C)(C)CC(=O)OC. The highest BCUT2D eigenvalue weighted by molar-refractivity contribution is 5.69. The van der Waals surface area contributed by atoms with E-state index in [4.69, 9.17) is 4.74 Å². The molecule has 0 saturated heterocycles. The summed E-state index contributed by atoms with van der Waals surface area (Å²) >= 11 is 0. The maximum atomic E-state index is 11.4. The number of carbonyl (C=O) groups excluding carboxylic acids is 1. The fourth-order valence-corrected chi connectivity index (χ4v) is 2.34. The van der Waals surface area contributed by atoms with Crippen LogP contribution in [0.25, 0.3) is 0 Å². The Kier molecular flexibility index (Phi) is 6.44. The predicted octanol–water partition coefficient (Wildman–Crippen LogP) is 3.51. The number of methoxy groups -OCH3 is 1. The number of rotatable bonds is 8. The van der Waals surface area contributed by atoms with Crippen molar-refractivity contribution in [1.82, 2.24) is 5.32 Å². The third-order valence-corrected chi connectivity index (χ3v) is 3.18. The molecule has 0 aliphatic carbocycles. The van der Waals surface area contributed by atoms with Crippen molar-refractivity contribution < 1.29 is 9.53 Å². The molecular weight excluding hydrogens is 226 g/mol. The van der Waals surface area contributed by atoms with Gasteiger partial charge in [0.1, 0.15) is 0 Å². The smallest absolute Gasteiger partial charge is 0.306 e. The molecule has 1 N–H and O–H groups in total. The highest BCUT2D eigenvalue weighted by atomic mass is 16.5. The van der Waals surface area contributed by atoms with E-state index in [2.05, 4.69) is 46.5 Å². The molecule has 3 nitrogen and oxygen atoms in total. The first kappa shape index (κ1) is 17.0. The Morgan fingerprint density at radius 1 is 1.28 bits per heavy atom. The standard InChI is InChI=1S/C15H29NO2/c1-8-9-16-12(2)15(5,6)11-14(3,4)10-13(17)18-7/h16H,2,8-11H2,1,3-7H3. The highest BCUT2D eigenvalue weighted by Crippen LogP contribution is 2.39. The summed E-state index contributed by atoms with van der Waals surface area (Å²) in [6.07, 6.45) is 2.42. The molecule has 0 bridgehead atoms. The van der Waals surface area contributed by atoms with Crippen molar-refractivity contribution >= 4 is 5.97 Å². The van der Waals surface area contributed by atoms with Gasteiger partial charge in [-0.1, -0.05) is 41.2 Å². The molecule has 0 aromatic rings. The molecule has 0 heterocycles. The quantitative estimate of drug-likeness (QED) is 0.675. The second kappa shape index (κ2) is 6.81. The lowest BCUT2D eigenvalue weighted by atomic mass is 9.72. The molecule has 0 aromatic heterocycles. The average molecular weight is 255 g/mol. The first-order valence-electron chi connectivity index (χ1n) is 6.64. The van der Waals surface area contributed by atoms with Crippen LogP contribution < -0.4 is 5.32 Å². The largest absolute Gasteiger partial charge is 0.469 e. The summed E-state index contributed by atoms with van der Waals surface area (Å²) in [7, 11) is 1.44. The van der Waals surface area contributed by atoms with E-state index in [1.54, 1.807) is 0 Å². The summed E-state index contributed by atoms with van der Waals surface area (Å²) in [4.78, 5) is 11.4. The third kappa shape index (κ3) is 6.08. The van der Waals surface area contributed by atoms with Gasteiger partial charge < -0.3 is 10.1 Å². The van der Waals surface area contributed by atoms with Crippen LogP contribution in [0.4, 0.5) is 0 Å². The van der Waals surface area contributed by atoms with Crippen LogP contribution in [-0.4, -0.2) is 19.6 Å². The summed E-state index contributed by atoms with van der Waals surface area (Å²) in [6, 6.07) is 0. The molecule has 0 rings (SSSR count). The number of hydrogen-bond donors (Lipinski definition) is 1. The number of hydrogen-bond acceptors (Lipinski definition) is 3. The van der Waals surface area contributed by atoms with Gasteiger partial charge in [-0.05, 0) is 18.3 Å².